The fourth-order valence-electron chi connectivity index (χ4n) is 3.93. The van der Waals surface area contributed by atoms with Crippen LogP contribution >= 0.6 is 0 Å². The van der Waals surface area contributed by atoms with Crippen molar-refractivity contribution in [2.24, 2.45) is 5.92 Å². The average molecular weight is 278 g/mol. The van der Waals surface area contributed by atoms with Crippen LogP contribution in [0, 0.1) is 19.8 Å². The zero-order chi connectivity index (χ0) is 14.3. The summed E-state index contributed by atoms with van der Waals surface area (Å²) in [5.74, 6) is 0.669. The maximum Gasteiger partial charge on any atom is 0.320 e. The second-order valence-corrected chi connectivity index (χ2v) is 6.18. The van der Waals surface area contributed by atoms with Crippen LogP contribution in [-0.4, -0.2) is 33.2 Å². The zero-order valence-electron chi connectivity index (χ0n) is 12.1. The number of fused-ring (bicyclic) bond motifs is 1. The molecule has 0 radical (unpaired) electrons. The van der Waals surface area contributed by atoms with Crippen molar-refractivity contribution in [2.45, 2.75) is 64.6 Å². The summed E-state index contributed by atoms with van der Waals surface area (Å²) in [5, 5.41) is 13.5. The highest BCUT2D eigenvalue weighted by Gasteiger charge is 2.45. The molecule has 2 heterocycles. The van der Waals surface area contributed by atoms with E-state index < -0.39 is 5.97 Å². The van der Waals surface area contributed by atoms with Crippen molar-refractivity contribution < 1.29 is 14.4 Å². The molecule has 5 heteroatoms. The van der Waals surface area contributed by atoms with Gasteiger partial charge in [-0.2, -0.15) is 0 Å². The predicted octanol–water partition coefficient (Wildman–Crippen LogP) is 2.51. The van der Waals surface area contributed by atoms with Crippen LogP contribution < -0.4 is 0 Å². The van der Waals surface area contributed by atoms with E-state index in [1.807, 2.05) is 13.8 Å². The largest absolute Gasteiger partial charge is 0.480 e. The van der Waals surface area contributed by atoms with Gasteiger partial charge in [-0.05, 0) is 39.0 Å². The topological polar surface area (TPSA) is 66.6 Å². The predicted molar refractivity (Wildman–Crippen MR) is 73.3 cm³/mol. The van der Waals surface area contributed by atoms with Gasteiger partial charge in [0.1, 0.15) is 11.8 Å². The van der Waals surface area contributed by atoms with Crippen LogP contribution in [0.15, 0.2) is 4.52 Å². The van der Waals surface area contributed by atoms with Crippen LogP contribution in [0.2, 0.25) is 0 Å². The highest BCUT2D eigenvalue weighted by molar-refractivity contribution is 5.74. The number of carboxylic acids is 1. The molecule has 1 aliphatic heterocycles. The molecule has 1 saturated carbocycles. The van der Waals surface area contributed by atoms with E-state index in [1.165, 1.54) is 19.3 Å². The molecule has 3 atom stereocenters. The van der Waals surface area contributed by atoms with Crippen molar-refractivity contribution in [1.82, 2.24) is 10.1 Å². The molecule has 110 valence electrons. The van der Waals surface area contributed by atoms with Gasteiger partial charge >= 0.3 is 5.97 Å². The Morgan fingerprint density at radius 1 is 1.40 bits per heavy atom. The summed E-state index contributed by atoms with van der Waals surface area (Å²) >= 11 is 0. The molecular formula is C15H22N2O3. The van der Waals surface area contributed by atoms with Gasteiger partial charge in [0.15, 0.2) is 0 Å². The standard InChI is InChI=1S/C15H22N2O3/c1-9-12(10(2)20-16-9)8-17-13-6-4-3-5-11(13)7-14(17)15(18)19/h11,13-14H,3-8H2,1-2H3,(H,18,19)/t11-,13+,14+/m1/s1. The van der Waals surface area contributed by atoms with Crippen molar-refractivity contribution in [1.29, 1.82) is 0 Å². The number of aliphatic carboxylic acids is 1. The van der Waals surface area contributed by atoms with E-state index >= 15 is 0 Å². The minimum atomic E-state index is -0.689. The van der Waals surface area contributed by atoms with Gasteiger partial charge in [0.05, 0.1) is 5.69 Å². The number of carboxylic acid groups (broad SMARTS) is 1. The first-order valence-electron chi connectivity index (χ1n) is 7.48. The Hall–Kier alpha value is -1.36. The molecule has 1 N–H and O–H groups in total. The molecule has 0 amide bonds. The Morgan fingerprint density at radius 2 is 2.15 bits per heavy atom. The second-order valence-electron chi connectivity index (χ2n) is 6.18. The fourth-order valence-corrected chi connectivity index (χ4v) is 3.93. The Bertz CT molecular complexity index is 492. The molecule has 3 rings (SSSR count). The second kappa shape index (κ2) is 5.20. The maximum atomic E-state index is 11.6. The molecule has 0 spiro atoms. The van der Waals surface area contributed by atoms with Gasteiger partial charge in [-0.1, -0.05) is 18.0 Å². The summed E-state index contributed by atoms with van der Waals surface area (Å²) < 4.78 is 5.21. The third-order valence-corrected chi connectivity index (χ3v) is 5.03. The molecule has 1 saturated heterocycles. The van der Waals surface area contributed by atoms with Crippen molar-refractivity contribution in [3.05, 3.63) is 17.0 Å². The van der Waals surface area contributed by atoms with E-state index in [0.29, 0.717) is 18.5 Å². The number of nitrogens with zero attached hydrogens (tertiary/aromatic N) is 2. The quantitative estimate of drug-likeness (QED) is 0.920. The smallest absolute Gasteiger partial charge is 0.320 e. The number of likely N-dealkylation sites (tertiary alicyclic amines) is 1. The van der Waals surface area contributed by atoms with Gasteiger partial charge in [0.2, 0.25) is 0 Å². The third-order valence-electron chi connectivity index (χ3n) is 5.03. The number of carbonyl (C=O) groups is 1. The van der Waals surface area contributed by atoms with Gasteiger partial charge in [-0.3, -0.25) is 9.69 Å². The monoisotopic (exact) mass is 278 g/mol. The van der Waals surface area contributed by atoms with E-state index in [2.05, 4.69) is 10.1 Å². The number of hydrogen-bond donors (Lipinski definition) is 1. The van der Waals surface area contributed by atoms with Gasteiger partial charge in [0, 0.05) is 18.2 Å². The molecule has 1 aromatic heterocycles. The number of aromatic nitrogens is 1. The summed E-state index contributed by atoms with van der Waals surface area (Å²) in [6.45, 7) is 4.48. The summed E-state index contributed by atoms with van der Waals surface area (Å²) in [7, 11) is 0. The van der Waals surface area contributed by atoms with Gasteiger partial charge in [0.25, 0.3) is 0 Å². The summed E-state index contributed by atoms with van der Waals surface area (Å²) in [5.41, 5.74) is 1.94. The molecule has 2 fully saturated rings. The lowest BCUT2D eigenvalue weighted by molar-refractivity contribution is -0.142. The van der Waals surface area contributed by atoms with E-state index in [0.717, 1.165) is 29.9 Å². The van der Waals surface area contributed by atoms with E-state index in [1.54, 1.807) is 0 Å². The molecule has 0 unspecified atom stereocenters. The van der Waals surface area contributed by atoms with Crippen molar-refractivity contribution in [2.75, 3.05) is 0 Å². The van der Waals surface area contributed by atoms with Crippen molar-refractivity contribution in [3.63, 3.8) is 0 Å². The maximum absolute atomic E-state index is 11.6. The molecule has 2 aliphatic rings. The molecule has 5 nitrogen and oxygen atoms in total. The number of hydrogen-bond acceptors (Lipinski definition) is 4. The van der Waals surface area contributed by atoms with Crippen LogP contribution in [0.25, 0.3) is 0 Å². The molecule has 0 bridgehead atoms. The van der Waals surface area contributed by atoms with E-state index in [-0.39, 0.29) is 6.04 Å². The average Bonchev–Trinajstić information content (AvgIpc) is 2.94. The SMILES string of the molecule is Cc1noc(C)c1CN1[C@H](C(=O)O)C[C@H]2CCCC[C@@H]21. The minimum Gasteiger partial charge on any atom is -0.480 e. The molecular weight excluding hydrogens is 256 g/mol. The van der Waals surface area contributed by atoms with Crippen LogP contribution in [-0.2, 0) is 11.3 Å². The summed E-state index contributed by atoms with van der Waals surface area (Å²) in [4.78, 5) is 13.8. The lowest BCUT2D eigenvalue weighted by atomic mass is 9.84. The van der Waals surface area contributed by atoms with Crippen LogP contribution in [0.4, 0.5) is 0 Å². The highest BCUT2D eigenvalue weighted by Crippen LogP contribution is 2.40. The Kier molecular flexibility index (Phi) is 3.54. The molecule has 1 aliphatic carbocycles. The zero-order valence-corrected chi connectivity index (χ0v) is 12.1. The molecule has 20 heavy (non-hydrogen) atoms. The first-order valence-corrected chi connectivity index (χ1v) is 7.48. The van der Waals surface area contributed by atoms with Gasteiger partial charge < -0.3 is 9.63 Å². The number of rotatable bonds is 3. The van der Waals surface area contributed by atoms with E-state index in [9.17, 15) is 9.90 Å². The number of aryl methyl sites for hydroxylation is 2. The Labute approximate surface area is 118 Å². The lowest BCUT2D eigenvalue weighted by Crippen LogP contribution is -2.41. The summed E-state index contributed by atoms with van der Waals surface area (Å²) in [6, 6.07) is 0.0651. The van der Waals surface area contributed by atoms with Gasteiger partial charge in [-0.15, -0.1) is 0 Å². The third kappa shape index (κ3) is 2.24. The van der Waals surface area contributed by atoms with Crippen molar-refractivity contribution >= 4 is 5.97 Å². The first kappa shape index (κ1) is 13.6. The Balaban J connectivity index is 1.86. The highest BCUT2D eigenvalue weighted by atomic mass is 16.5. The van der Waals surface area contributed by atoms with Crippen molar-refractivity contribution in [3.8, 4) is 0 Å². The lowest BCUT2D eigenvalue weighted by Gasteiger charge is -2.32. The minimum absolute atomic E-state index is 0.350. The molecule has 1 aromatic rings. The fraction of sp³-hybridized carbons (Fsp3) is 0.733. The van der Waals surface area contributed by atoms with E-state index in [4.69, 9.17) is 4.52 Å². The molecule has 0 aromatic carbocycles. The normalized spacial score (nSPS) is 30.4. The first-order chi connectivity index (χ1) is 9.58. The van der Waals surface area contributed by atoms with Crippen LogP contribution in [0.1, 0.15) is 49.1 Å². The Morgan fingerprint density at radius 3 is 2.80 bits per heavy atom. The van der Waals surface area contributed by atoms with Crippen LogP contribution in [0.5, 0.6) is 0 Å². The summed E-state index contributed by atoms with van der Waals surface area (Å²) in [6.07, 6.45) is 5.55. The van der Waals surface area contributed by atoms with Crippen LogP contribution in [0.3, 0.4) is 0 Å². The van der Waals surface area contributed by atoms with Gasteiger partial charge in [-0.25, -0.2) is 0 Å².